The molecule has 12 heteroatoms. The van der Waals surface area contributed by atoms with Gasteiger partial charge < -0.3 is 43.4 Å². The van der Waals surface area contributed by atoms with E-state index < -0.39 is 24.0 Å². The van der Waals surface area contributed by atoms with Gasteiger partial charge in [0.15, 0.2) is 29.6 Å². The number of nitrogens with zero attached hydrogens (tertiary/aromatic N) is 1. The Balaban J connectivity index is 1.01. The molecule has 1 aliphatic heterocycles. The summed E-state index contributed by atoms with van der Waals surface area (Å²) in [6, 6.07) is 16.0. The highest BCUT2D eigenvalue weighted by Crippen LogP contribution is 2.55. The van der Waals surface area contributed by atoms with Crippen LogP contribution in [0.25, 0.3) is 0 Å². The molecule has 6 atom stereocenters. The summed E-state index contributed by atoms with van der Waals surface area (Å²) >= 11 is 0. The van der Waals surface area contributed by atoms with E-state index in [1.807, 2.05) is 43.3 Å². The van der Waals surface area contributed by atoms with Gasteiger partial charge in [-0.2, -0.15) is 0 Å². The second kappa shape index (κ2) is 27.6. The zero-order valence-electron chi connectivity index (χ0n) is 42.2. The first-order valence-electron chi connectivity index (χ1n) is 25.7. The van der Waals surface area contributed by atoms with Crippen LogP contribution in [0.3, 0.4) is 0 Å². The van der Waals surface area contributed by atoms with Gasteiger partial charge in [0.25, 0.3) is 5.91 Å². The molecule has 1 saturated heterocycles. The van der Waals surface area contributed by atoms with Crippen molar-refractivity contribution in [1.29, 1.82) is 0 Å². The van der Waals surface area contributed by atoms with Gasteiger partial charge in [0.05, 0.1) is 41.5 Å². The van der Waals surface area contributed by atoms with E-state index in [9.17, 15) is 14.4 Å². The van der Waals surface area contributed by atoms with Crippen LogP contribution >= 0.6 is 0 Å². The normalized spacial score (nSPS) is 19.2. The molecule has 3 aromatic carbocycles. The quantitative estimate of drug-likeness (QED) is 0.0426. The monoisotopic (exact) mass is 951 g/mol. The number of benzene rings is 3. The van der Waals surface area contributed by atoms with E-state index in [0.29, 0.717) is 78.8 Å². The number of piperidine rings is 1. The van der Waals surface area contributed by atoms with Crippen LogP contribution in [0.5, 0.6) is 34.5 Å². The maximum absolute atomic E-state index is 14.5. The molecular weight excluding hydrogens is 873 g/mol. The summed E-state index contributed by atoms with van der Waals surface area (Å²) < 4.78 is 40.2. The molecular formula is C57H78N2O10. The van der Waals surface area contributed by atoms with Crippen LogP contribution in [0, 0.1) is 29.6 Å². The van der Waals surface area contributed by atoms with E-state index in [4.69, 9.17) is 33.2 Å². The first-order valence-corrected chi connectivity index (χ1v) is 25.7. The fraction of sp³-hybridized carbons (Fsp3) is 0.596. The summed E-state index contributed by atoms with van der Waals surface area (Å²) in [4.78, 5) is 43.5. The third kappa shape index (κ3) is 15.0. The number of nitrogens with one attached hydrogen (secondary N) is 1. The van der Waals surface area contributed by atoms with Gasteiger partial charge in [-0.1, -0.05) is 70.1 Å². The molecule has 1 unspecified atom stereocenters. The van der Waals surface area contributed by atoms with Gasteiger partial charge in [0, 0.05) is 25.9 Å². The van der Waals surface area contributed by atoms with Gasteiger partial charge in [0.1, 0.15) is 17.9 Å². The number of hydrogen-bond donors (Lipinski definition) is 1. The van der Waals surface area contributed by atoms with E-state index in [-0.39, 0.29) is 18.4 Å². The lowest BCUT2D eigenvalue weighted by Gasteiger charge is -2.37. The smallest absolute Gasteiger partial charge is 0.329 e. The number of aryl methyl sites for hydroxylation is 1. The van der Waals surface area contributed by atoms with E-state index in [2.05, 4.69) is 17.2 Å². The molecule has 0 radical (unpaired) electrons. The molecule has 69 heavy (non-hydrogen) atoms. The molecule has 2 aliphatic carbocycles. The van der Waals surface area contributed by atoms with Crippen molar-refractivity contribution in [3.05, 3.63) is 71.3 Å². The Kier molecular flexibility index (Phi) is 21.1. The Labute approximate surface area is 411 Å². The maximum atomic E-state index is 14.5. The van der Waals surface area contributed by atoms with Crippen molar-refractivity contribution in [1.82, 2.24) is 10.2 Å². The first-order chi connectivity index (χ1) is 33.7. The highest BCUT2D eigenvalue weighted by Gasteiger charge is 2.47. The van der Waals surface area contributed by atoms with Gasteiger partial charge in [-0.05, 0) is 135 Å². The summed E-state index contributed by atoms with van der Waals surface area (Å²) in [5.41, 5.74) is 2.41. The number of carbonyl (C=O) groups is 3. The highest BCUT2D eigenvalue weighted by atomic mass is 16.5. The molecule has 1 N–H and O–H groups in total. The van der Waals surface area contributed by atoms with Gasteiger partial charge in [0.2, 0.25) is 11.7 Å². The molecule has 3 aliphatic rings. The minimum Gasteiger partial charge on any atom is -0.493 e. The average molecular weight is 951 g/mol. The predicted octanol–water partition coefficient (Wildman–Crippen LogP) is 11.0. The Bertz CT molecular complexity index is 2140. The molecule has 0 spiro atoms. The van der Waals surface area contributed by atoms with E-state index in [1.165, 1.54) is 57.8 Å². The van der Waals surface area contributed by atoms with Crippen molar-refractivity contribution in [3.8, 4) is 46.3 Å². The molecule has 376 valence electrons. The topological polar surface area (TPSA) is 131 Å². The van der Waals surface area contributed by atoms with Crippen LogP contribution in [-0.4, -0.2) is 84.0 Å². The Morgan fingerprint density at radius 2 is 1.38 bits per heavy atom. The molecule has 2 fully saturated rings. The van der Waals surface area contributed by atoms with Crippen molar-refractivity contribution in [2.24, 2.45) is 17.8 Å². The summed E-state index contributed by atoms with van der Waals surface area (Å²) in [5, 5.41) is 3.01. The van der Waals surface area contributed by atoms with Crippen molar-refractivity contribution in [2.75, 3.05) is 55.2 Å². The predicted molar refractivity (Wildman–Crippen MR) is 268 cm³/mol. The van der Waals surface area contributed by atoms with Crippen molar-refractivity contribution >= 4 is 17.8 Å². The van der Waals surface area contributed by atoms with Crippen LogP contribution in [0.4, 0.5) is 0 Å². The fourth-order valence-electron chi connectivity index (χ4n) is 10.6. The molecule has 3 aromatic rings. The number of methoxy groups -OCH3 is 5. The minimum atomic E-state index is -0.772. The van der Waals surface area contributed by atoms with Crippen LogP contribution in [-0.2, 0) is 25.5 Å². The summed E-state index contributed by atoms with van der Waals surface area (Å²) in [5.74, 6) is 11.3. The number of carbonyl (C=O) groups excluding carboxylic acids is 3. The molecule has 0 aromatic heterocycles. The van der Waals surface area contributed by atoms with E-state index in [0.717, 1.165) is 67.4 Å². The fourth-order valence-corrected chi connectivity index (χ4v) is 10.6. The van der Waals surface area contributed by atoms with Gasteiger partial charge >= 0.3 is 5.97 Å². The molecule has 12 nitrogen and oxygen atoms in total. The minimum absolute atomic E-state index is 0.126. The molecule has 1 heterocycles. The Morgan fingerprint density at radius 1 is 0.710 bits per heavy atom. The van der Waals surface area contributed by atoms with Gasteiger partial charge in [-0.15, -0.1) is 11.8 Å². The van der Waals surface area contributed by atoms with E-state index in [1.54, 1.807) is 58.6 Å². The third-order valence-electron chi connectivity index (χ3n) is 14.5. The van der Waals surface area contributed by atoms with Gasteiger partial charge in [-0.3, -0.25) is 9.59 Å². The number of hydrogen-bond acceptors (Lipinski definition) is 10. The van der Waals surface area contributed by atoms with Crippen LogP contribution < -0.4 is 33.7 Å². The SMILES string of the molecule is CC[C@H](C(=O)N1CCCC[C@H]1C(=O)O[C@H](CCc1ccc(OC)c(OC)c1)c1cccc(OCC(=O)NCCCCCCCCCCC2[C@H]3CCC#CCC[C@@H]23)c1)c1cc(OC)c(OC)c(OC)c1. The number of amides is 2. The number of unbranched alkanes of at least 4 members (excludes halogenated alkanes) is 7. The number of likely N-dealkylation sites (tertiary alicyclic amines) is 1. The second-order valence-electron chi connectivity index (χ2n) is 18.9. The Hall–Kier alpha value is -5.57. The third-order valence-corrected chi connectivity index (χ3v) is 14.5. The number of esters is 1. The standard InChI is InChI=1S/C57H78N2O10/c1-7-44(42-37-52(65-4)55(67-6)53(38-42)66-5)56(61)59-34-21-19-28-48(59)57(62)69-49(31-29-40-30-32-50(63-2)51(35-40)64-3)41-23-22-24-43(36-41)68-39-54(60)58-33-20-15-11-9-8-10-12-16-25-45-46-26-17-13-14-18-27-47(45)46/h22-24,30,32,35-38,44-49H,7-12,15-21,25-29,31,33-34,39H2,1-6H3,(H,58,60)/t44-,45?,46-,47+,48-,49+/m0/s1. The largest absolute Gasteiger partial charge is 0.493 e. The van der Waals surface area contributed by atoms with Crippen LogP contribution in [0.1, 0.15) is 151 Å². The summed E-state index contributed by atoms with van der Waals surface area (Å²) in [6.45, 7) is 2.88. The number of rotatable bonds is 28. The molecule has 2 amide bonds. The molecule has 6 rings (SSSR count). The average Bonchev–Trinajstić information content (AvgIpc) is 4.03. The van der Waals surface area contributed by atoms with Crippen molar-refractivity contribution in [2.45, 2.75) is 147 Å². The summed E-state index contributed by atoms with van der Waals surface area (Å²) in [6.07, 6.45) is 18.9. The lowest BCUT2D eigenvalue weighted by Crippen LogP contribution is -2.50. The van der Waals surface area contributed by atoms with Crippen molar-refractivity contribution < 1.29 is 47.5 Å². The van der Waals surface area contributed by atoms with Gasteiger partial charge in [-0.25, -0.2) is 4.79 Å². The van der Waals surface area contributed by atoms with Crippen LogP contribution in [0.15, 0.2) is 54.6 Å². The number of ether oxygens (including phenoxy) is 7. The zero-order valence-corrected chi connectivity index (χ0v) is 42.2. The molecule has 0 bridgehead atoms. The van der Waals surface area contributed by atoms with E-state index >= 15 is 0 Å². The first kappa shape index (κ1) is 52.8. The maximum Gasteiger partial charge on any atom is 0.329 e. The van der Waals surface area contributed by atoms with Crippen molar-refractivity contribution in [3.63, 3.8) is 0 Å². The Morgan fingerprint density at radius 3 is 2.03 bits per heavy atom. The summed E-state index contributed by atoms with van der Waals surface area (Å²) in [7, 11) is 7.83. The van der Waals surface area contributed by atoms with Crippen LogP contribution in [0.2, 0.25) is 0 Å². The lowest BCUT2D eigenvalue weighted by atomic mass is 9.91. The number of fused-ring (bicyclic) bond motifs is 1. The lowest BCUT2D eigenvalue weighted by molar-refractivity contribution is -0.162. The second-order valence-corrected chi connectivity index (χ2v) is 18.9. The highest BCUT2D eigenvalue weighted by molar-refractivity contribution is 5.89. The molecule has 1 saturated carbocycles. The zero-order chi connectivity index (χ0) is 49.0.